The Morgan fingerprint density at radius 3 is 1.36 bits per heavy atom. The maximum Gasteiger partial charge on any atom is 0.0720 e. The molecule has 1 nitrogen and oxygen atoms in total. The summed E-state index contributed by atoms with van der Waals surface area (Å²) in [5.41, 5.74) is 15.2. The van der Waals surface area contributed by atoms with E-state index in [1.165, 1.54) is 77.2 Å². The van der Waals surface area contributed by atoms with E-state index >= 15 is 0 Å². The lowest BCUT2D eigenvalue weighted by atomic mass is 9.66. The molecular weight excluding hydrogens is 699 g/mol. The summed E-state index contributed by atoms with van der Waals surface area (Å²) in [7, 11) is 0. The minimum Gasteiger partial charge on any atom is -0.310 e. The third kappa shape index (κ3) is 5.32. The number of nitrogens with zero attached hydrogens (tertiary/aromatic N) is 1. The Kier molecular flexibility index (Phi) is 8.12. The smallest absolute Gasteiger partial charge is 0.0720 e. The molecule has 0 spiro atoms. The Balaban J connectivity index is 1.22. The molecule has 0 fully saturated rings. The van der Waals surface area contributed by atoms with Crippen molar-refractivity contribution in [2.45, 2.75) is 5.41 Å². The first kappa shape index (κ1) is 33.8. The van der Waals surface area contributed by atoms with Crippen LogP contribution in [0.15, 0.2) is 237 Å². The van der Waals surface area contributed by atoms with Gasteiger partial charge in [-0.3, -0.25) is 0 Å². The normalized spacial score (nSPS) is 12.6. The highest BCUT2D eigenvalue weighted by Crippen LogP contribution is 2.61. The van der Waals surface area contributed by atoms with Gasteiger partial charge < -0.3 is 4.90 Å². The molecule has 58 heavy (non-hydrogen) atoms. The van der Waals surface area contributed by atoms with Crippen molar-refractivity contribution >= 4 is 38.6 Å². The predicted molar refractivity (Wildman–Crippen MR) is 244 cm³/mol. The zero-order chi connectivity index (χ0) is 38.5. The number of hydrogen-bond donors (Lipinski definition) is 0. The highest BCUT2D eigenvalue weighted by Gasteiger charge is 2.48. The first-order valence-corrected chi connectivity index (χ1v) is 20.1. The number of fused-ring (bicyclic) bond motifs is 8. The summed E-state index contributed by atoms with van der Waals surface area (Å²) in [6.45, 7) is 0. The van der Waals surface area contributed by atoms with E-state index in [-0.39, 0.29) is 0 Å². The summed E-state index contributed by atoms with van der Waals surface area (Å²) < 4.78 is 0. The average Bonchev–Trinajstić information content (AvgIpc) is 3.62. The zero-order valence-corrected chi connectivity index (χ0v) is 32.0. The molecule has 0 heterocycles. The molecule has 0 saturated carbocycles. The SMILES string of the molecule is c1ccc(-c2ccc(N(c3cccc(-c4ccccc4)c3)c3ccc4c(c3)C(c3ccccc3)(c3ccccc3)c3c-4c4ccccc4c4ccccc34)cc2)cc1. The van der Waals surface area contributed by atoms with Crippen molar-refractivity contribution < 1.29 is 0 Å². The number of benzene rings is 10. The third-order valence-corrected chi connectivity index (χ3v) is 12.1. The van der Waals surface area contributed by atoms with Crippen LogP contribution in [0.3, 0.4) is 0 Å². The summed E-state index contributed by atoms with van der Waals surface area (Å²) in [5.74, 6) is 0. The molecule has 10 aromatic carbocycles. The fourth-order valence-corrected chi connectivity index (χ4v) is 9.62. The van der Waals surface area contributed by atoms with Crippen LogP contribution in [0.25, 0.3) is 54.9 Å². The van der Waals surface area contributed by atoms with Crippen LogP contribution in [0.5, 0.6) is 0 Å². The van der Waals surface area contributed by atoms with Gasteiger partial charge in [-0.1, -0.05) is 200 Å². The summed E-state index contributed by atoms with van der Waals surface area (Å²) in [6.07, 6.45) is 0. The molecule has 0 amide bonds. The Labute approximate surface area is 339 Å². The van der Waals surface area contributed by atoms with Crippen LogP contribution in [0.1, 0.15) is 22.3 Å². The van der Waals surface area contributed by atoms with Gasteiger partial charge in [0.2, 0.25) is 0 Å². The van der Waals surface area contributed by atoms with Crippen molar-refractivity contribution in [1.29, 1.82) is 0 Å². The maximum absolute atomic E-state index is 2.49. The molecule has 1 heteroatoms. The minimum atomic E-state index is -0.596. The molecule has 0 saturated heterocycles. The van der Waals surface area contributed by atoms with Gasteiger partial charge in [0.05, 0.1) is 5.41 Å². The Morgan fingerprint density at radius 2 is 0.741 bits per heavy atom. The molecule has 0 aliphatic heterocycles. The maximum atomic E-state index is 2.49. The van der Waals surface area contributed by atoms with E-state index in [4.69, 9.17) is 0 Å². The van der Waals surface area contributed by atoms with Crippen molar-refractivity contribution in [3.8, 4) is 33.4 Å². The van der Waals surface area contributed by atoms with Crippen LogP contribution >= 0.6 is 0 Å². The van der Waals surface area contributed by atoms with Gasteiger partial charge in [0.15, 0.2) is 0 Å². The van der Waals surface area contributed by atoms with Gasteiger partial charge in [-0.15, -0.1) is 0 Å². The fraction of sp³-hybridized carbons (Fsp3) is 0.0175. The second-order valence-electron chi connectivity index (χ2n) is 15.2. The molecule has 0 atom stereocenters. The molecule has 0 aromatic heterocycles. The van der Waals surface area contributed by atoms with Crippen molar-refractivity contribution in [2.24, 2.45) is 0 Å². The zero-order valence-electron chi connectivity index (χ0n) is 32.0. The van der Waals surface area contributed by atoms with Crippen LogP contribution in [-0.4, -0.2) is 0 Å². The van der Waals surface area contributed by atoms with Gasteiger partial charge in [0.1, 0.15) is 0 Å². The van der Waals surface area contributed by atoms with E-state index < -0.39 is 5.41 Å². The molecular formula is C57H39N. The molecule has 272 valence electrons. The quantitative estimate of drug-likeness (QED) is 0.147. The average molecular weight is 738 g/mol. The predicted octanol–water partition coefficient (Wildman–Crippen LogP) is 15.2. The van der Waals surface area contributed by atoms with E-state index in [0.717, 1.165) is 17.1 Å². The highest BCUT2D eigenvalue weighted by molar-refractivity contribution is 6.19. The molecule has 11 rings (SSSR count). The van der Waals surface area contributed by atoms with Gasteiger partial charge in [-0.05, 0) is 114 Å². The number of rotatable bonds is 7. The Hall–Kier alpha value is -7.48. The lowest BCUT2D eigenvalue weighted by Gasteiger charge is -2.35. The first-order valence-electron chi connectivity index (χ1n) is 20.1. The summed E-state index contributed by atoms with van der Waals surface area (Å²) in [5, 5.41) is 5.12. The molecule has 0 radical (unpaired) electrons. The molecule has 1 aliphatic rings. The highest BCUT2D eigenvalue weighted by atomic mass is 15.1. The molecule has 1 aliphatic carbocycles. The van der Waals surface area contributed by atoms with Gasteiger partial charge in [0, 0.05) is 17.1 Å². The van der Waals surface area contributed by atoms with Gasteiger partial charge in [0.25, 0.3) is 0 Å². The van der Waals surface area contributed by atoms with Crippen LogP contribution in [0.4, 0.5) is 17.1 Å². The minimum absolute atomic E-state index is 0.596. The molecule has 0 unspecified atom stereocenters. The summed E-state index contributed by atoms with van der Waals surface area (Å²) in [4.78, 5) is 2.43. The van der Waals surface area contributed by atoms with E-state index in [2.05, 4.69) is 241 Å². The Bertz CT molecular complexity index is 3040. The topological polar surface area (TPSA) is 3.24 Å². The largest absolute Gasteiger partial charge is 0.310 e. The fourth-order valence-electron chi connectivity index (χ4n) is 9.62. The van der Waals surface area contributed by atoms with Crippen molar-refractivity contribution in [2.75, 3.05) is 4.90 Å². The van der Waals surface area contributed by atoms with Gasteiger partial charge >= 0.3 is 0 Å². The van der Waals surface area contributed by atoms with Crippen molar-refractivity contribution in [1.82, 2.24) is 0 Å². The summed E-state index contributed by atoms with van der Waals surface area (Å²) >= 11 is 0. The lowest BCUT2D eigenvalue weighted by Crippen LogP contribution is -2.29. The van der Waals surface area contributed by atoms with Crippen LogP contribution in [0, 0.1) is 0 Å². The third-order valence-electron chi connectivity index (χ3n) is 12.1. The monoisotopic (exact) mass is 737 g/mol. The molecule has 10 aromatic rings. The van der Waals surface area contributed by atoms with E-state index in [1.807, 2.05) is 0 Å². The van der Waals surface area contributed by atoms with E-state index in [9.17, 15) is 0 Å². The first-order chi connectivity index (χ1) is 28.8. The lowest BCUT2D eigenvalue weighted by molar-refractivity contribution is 0.776. The van der Waals surface area contributed by atoms with Crippen molar-refractivity contribution in [3.63, 3.8) is 0 Å². The summed E-state index contributed by atoms with van der Waals surface area (Å²) in [6, 6.07) is 86.8. The Morgan fingerprint density at radius 1 is 0.293 bits per heavy atom. The standard InChI is InChI=1S/C57H39N/c1-5-18-40(19-6-1)42-32-34-46(35-33-42)58(47-27-17-22-43(38-47)41-20-7-2-8-21-41)48-36-37-53-54(39-48)57(44-23-9-3-10-24-44,45-25-11-4-12-26-45)56-52-31-16-14-29-50(52)49-28-13-15-30-51(49)55(53)56/h1-39H. The number of anilines is 3. The van der Waals surface area contributed by atoms with Crippen LogP contribution in [0.2, 0.25) is 0 Å². The second kappa shape index (κ2) is 13.9. The second-order valence-corrected chi connectivity index (χ2v) is 15.2. The van der Waals surface area contributed by atoms with Crippen LogP contribution in [-0.2, 0) is 5.41 Å². The molecule has 0 N–H and O–H groups in total. The van der Waals surface area contributed by atoms with Crippen molar-refractivity contribution in [3.05, 3.63) is 259 Å². The van der Waals surface area contributed by atoms with E-state index in [1.54, 1.807) is 0 Å². The van der Waals surface area contributed by atoms with Gasteiger partial charge in [-0.25, -0.2) is 0 Å². The van der Waals surface area contributed by atoms with E-state index in [0.29, 0.717) is 0 Å². The van der Waals surface area contributed by atoms with Crippen LogP contribution < -0.4 is 4.90 Å². The van der Waals surface area contributed by atoms with Gasteiger partial charge in [-0.2, -0.15) is 0 Å². The molecule has 0 bridgehead atoms. The number of hydrogen-bond acceptors (Lipinski definition) is 1.